The van der Waals surface area contributed by atoms with Gasteiger partial charge in [-0.15, -0.1) is 0 Å². The number of hydrogen-bond donors (Lipinski definition) is 2. The zero-order valence-electron chi connectivity index (χ0n) is 13.8. The number of hydrogen-bond acceptors (Lipinski definition) is 4. The Labute approximate surface area is 133 Å². The van der Waals surface area contributed by atoms with Gasteiger partial charge in [-0.3, -0.25) is 0 Å². The summed E-state index contributed by atoms with van der Waals surface area (Å²) in [6.45, 7) is 5.56. The minimum absolute atomic E-state index is 0.204. The van der Waals surface area contributed by atoms with E-state index >= 15 is 0 Å². The van der Waals surface area contributed by atoms with Gasteiger partial charge in [-0.2, -0.15) is 0 Å². The van der Waals surface area contributed by atoms with Crippen LogP contribution in [0.15, 0.2) is 24.3 Å². The lowest BCUT2D eigenvalue weighted by Gasteiger charge is -2.13. The Bertz CT molecular complexity index is 417. The fraction of sp³-hybridized carbons (Fsp3) is 0.611. The minimum Gasteiger partial charge on any atom is -0.491 e. The molecule has 0 saturated heterocycles. The Morgan fingerprint density at radius 2 is 2.00 bits per heavy atom. The zero-order valence-corrected chi connectivity index (χ0v) is 13.8. The van der Waals surface area contributed by atoms with Crippen molar-refractivity contribution in [1.29, 1.82) is 0 Å². The molecule has 0 aliphatic heterocycles. The average Bonchev–Trinajstić information content (AvgIpc) is 2.51. The summed E-state index contributed by atoms with van der Waals surface area (Å²) < 4.78 is 5.57. The van der Waals surface area contributed by atoms with Crippen LogP contribution in [0.3, 0.4) is 0 Å². The van der Waals surface area contributed by atoms with E-state index in [-0.39, 0.29) is 12.4 Å². The van der Waals surface area contributed by atoms with Gasteiger partial charge in [0.15, 0.2) is 0 Å². The summed E-state index contributed by atoms with van der Waals surface area (Å²) in [7, 11) is 0. The van der Waals surface area contributed by atoms with Gasteiger partial charge < -0.3 is 20.0 Å². The van der Waals surface area contributed by atoms with E-state index in [1.165, 1.54) is 12.8 Å². The number of ether oxygens (including phenoxy) is 1. The summed E-state index contributed by atoms with van der Waals surface area (Å²) in [4.78, 5) is 10.9. The standard InChI is InChI=1S/C18H29NO3/c1-3-4-5-12-19-13-17(21)14-22-18-10-8-16(9-11-18)7-6-15(2)20/h8-11,17,19,21H,3-7,12-14H2,1-2H3/t17-/m1/s1. The van der Waals surface area contributed by atoms with Crippen molar-refractivity contribution < 1.29 is 14.6 Å². The molecule has 1 aromatic carbocycles. The number of aryl methyl sites for hydroxylation is 1. The Kier molecular flexibility index (Phi) is 9.51. The largest absolute Gasteiger partial charge is 0.491 e. The van der Waals surface area contributed by atoms with E-state index in [0.29, 0.717) is 13.0 Å². The molecule has 0 aliphatic carbocycles. The lowest BCUT2D eigenvalue weighted by atomic mass is 10.1. The number of Topliss-reactive ketones (excluding diaryl/α,β-unsaturated/α-hetero) is 1. The summed E-state index contributed by atoms with van der Waals surface area (Å²) in [5.74, 6) is 0.950. The summed E-state index contributed by atoms with van der Waals surface area (Å²) in [6.07, 6.45) is 4.40. The fourth-order valence-electron chi connectivity index (χ4n) is 2.09. The maximum atomic E-state index is 10.9. The van der Waals surface area contributed by atoms with Crippen LogP contribution in [-0.4, -0.2) is 36.7 Å². The number of aliphatic hydroxyl groups excluding tert-OH is 1. The summed E-state index contributed by atoms with van der Waals surface area (Å²) in [5, 5.41) is 13.1. The van der Waals surface area contributed by atoms with Gasteiger partial charge in [0.1, 0.15) is 24.2 Å². The molecule has 4 heteroatoms. The van der Waals surface area contributed by atoms with E-state index in [9.17, 15) is 9.90 Å². The van der Waals surface area contributed by atoms with Gasteiger partial charge in [0.2, 0.25) is 0 Å². The van der Waals surface area contributed by atoms with Crippen LogP contribution in [0.4, 0.5) is 0 Å². The van der Waals surface area contributed by atoms with Crippen LogP contribution in [0, 0.1) is 0 Å². The first-order valence-electron chi connectivity index (χ1n) is 8.21. The van der Waals surface area contributed by atoms with Crippen LogP contribution in [0.2, 0.25) is 0 Å². The lowest BCUT2D eigenvalue weighted by molar-refractivity contribution is -0.116. The van der Waals surface area contributed by atoms with Crippen molar-refractivity contribution in [3.05, 3.63) is 29.8 Å². The topological polar surface area (TPSA) is 58.6 Å². The third-order valence-corrected chi connectivity index (χ3v) is 3.47. The van der Waals surface area contributed by atoms with E-state index in [1.54, 1.807) is 6.92 Å². The van der Waals surface area contributed by atoms with Crippen molar-refractivity contribution in [3.63, 3.8) is 0 Å². The fourth-order valence-corrected chi connectivity index (χ4v) is 2.09. The van der Waals surface area contributed by atoms with Gasteiger partial charge >= 0.3 is 0 Å². The van der Waals surface area contributed by atoms with Crippen molar-refractivity contribution >= 4 is 5.78 Å². The zero-order chi connectivity index (χ0) is 16.2. The van der Waals surface area contributed by atoms with Gasteiger partial charge in [-0.05, 0) is 44.0 Å². The smallest absolute Gasteiger partial charge is 0.130 e. The SMILES string of the molecule is CCCCCNC[C@@H](O)COc1ccc(CCC(C)=O)cc1. The van der Waals surface area contributed by atoms with Crippen molar-refractivity contribution in [3.8, 4) is 5.75 Å². The molecule has 0 bridgehead atoms. The molecule has 124 valence electrons. The highest BCUT2D eigenvalue weighted by Gasteiger charge is 2.05. The van der Waals surface area contributed by atoms with E-state index in [2.05, 4.69) is 12.2 Å². The number of carbonyl (C=O) groups excluding carboxylic acids is 1. The predicted octanol–water partition coefficient (Wildman–Crippen LogP) is 2.73. The number of unbranched alkanes of at least 4 members (excludes halogenated alkanes) is 2. The van der Waals surface area contributed by atoms with Crippen LogP contribution in [-0.2, 0) is 11.2 Å². The van der Waals surface area contributed by atoms with Crippen molar-refractivity contribution in [2.45, 2.75) is 52.1 Å². The normalized spacial score (nSPS) is 12.1. The van der Waals surface area contributed by atoms with Crippen LogP contribution in [0.1, 0.15) is 45.1 Å². The first-order valence-corrected chi connectivity index (χ1v) is 8.21. The summed E-state index contributed by atoms with van der Waals surface area (Å²) >= 11 is 0. The minimum atomic E-state index is -0.501. The average molecular weight is 307 g/mol. The van der Waals surface area contributed by atoms with Crippen LogP contribution in [0.25, 0.3) is 0 Å². The Morgan fingerprint density at radius 3 is 2.64 bits per heavy atom. The number of carbonyl (C=O) groups is 1. The predicted molar refractivity (Wildman–Crippen MR) is 89.3 cm³/mol. The van der Waals surface area contributed by atoms with Crippen molar-refractivity contribution in [2.24, 2.45) is 0 Å². The highest BCUT2D eigenvalue weighted by atomic mass is 16.5. The Hall–Kier alpha value is -1.39. The molecule has 4 nitrogen and oxygen atoms in total. The van der Waals surface area contributed by atoms with Crippen LogP contribution >= 0.6 is 0 Å². The first kappa shape index (κ1) is 18.7. The Morgan fingerprint density at radius 1 is 1.27 bits per heavy atom. The van der Waals surface area contributed by atoms with Gasteiger partial charge in [-0.1, -0.05) is 31.9 Å². The molecule has 1 aromatic rings. The number of rotatable bonds is 12. The van der Waals surface area contributed by atoms with Crippen molar-refractivity contribution in [2.75, 3.05) is 19.7 Å². The molecular formula is C18H29NO3. The molecule has 0 spiro atoms. The molecule has 1 rings (SSSR count). The van der Waals surface area contributed by atoms with E-state index in [1.807, 2.05) is 24.3 Å². The molecule has 22 heavy (non-hydrogen) atoms. The molecule has 0 aliphatic rings. The molecule has 0 amide bonds. The molecular weight excluding hydrogens is 278 g/mol. The Balaban J connectivity index is 2.19. The highest BCUT2D eigenvalue weighted by Crippen LogP contribution is 2.13. The maximum absolute atomic E-state index is 10.9. The second-order valence-electron chi connectivity index (χ2n) is 5.72. The molecule has 1 atom stereocenters. The van der Waals surface area contributed by atoms with Crippen molar-refractivity contribution in [1.82, 2.24) is 5.32 Å². The van der Waals surface area contributed by atoms with Gasteiger partial charge in [0.25, 0.3) is 0 Å². The second-order valence-corrected chi connectivity index (χ2v) is 5.72. The number of nitrogens with one attached hydrogen (secondary N) is 1. The molecule has 2 N–H and O–H groups in total. The molecule has 0 unspecified atom stereocenters. The van der Waals surface area contributed by atoms with Gasteiger partial charge in [0, 0.05) is 13.0 Å². The van der Waals surface area contributed by atoms with Crippen LogP contribution < -0.4 is 10.1 Å². The van der Waals surface area contributed by atoms with Crippen LogP contribution in [0.5, 0.6) is 5.75 Å². The molecule has 0 fully saturated rings. The third-order valence-electron chi connectivity index (χ3n) is 3.47. The van der Waals surface area contributed by atoms with Gasteiger partial charge in [-0.25, -0.2) is 0 Å². The summed E-state index contributed by atoms with van der Waals surface area (Å²) in [5.41, 5.74) is 1.13. The molecule has 0 saturated carbocycles. The molecule has 0 radical (unpaired) electrons. The highest BCUT2D eigenvalue weighted by molar-refractivity contribution is 5.75. The van der Waals surface area contributed by atoms with Gasteiger partial charge in [0.05, 0.1) is 0 Å². The number of ketones is 1. The second kappa shape index (κ2) is 11.2. The maximum Gasteiger partial charge on any atom is 0.130 e. The third kappa shape index (κ3) is 8.80. The lowest BCUT2D eigenvalue weighted by Crippen LogP contribution is -2.32. The van der Waals surface area contributed by atoms with E-state index < -0.39 is 6.10 Å². The number of benzene rings is 1. The molecule has 0 aromatic heterocycles. The van der Waals surface area contributed by atoms with E-state index in [0.717, 1.165) is 30.7 Å². The summed E-state index contributed by atoms with van der Waals surface area (Å²) in [6, 6.07) is 7.70. The first-order chi connectivity index (χ1) is 10.6. The quantitative estimate of drug-likeness (QED) is 0.583. The van der Waals surface area contributed by atoms with E-state index in [4.69, 9.17) is 4.74 Å². The monoisotopic (exact) mass is 307 g/mol. The number of aliphatic hydroxyl groups is 1. The molecule has 0 heterocycles.